The summed E-state index contributed by atoms with van der Waals surface area (Å²) >= 11 is 0. The Kier molecular flexibility index (Phi) is 8.23. The van der Waals surface area contributed by atoms with Crippen LogP contribution in [0.5, 0.6) is 17.4 Å². The normalized spacial score (nSPS) is 12.1. The number of aromatic hydroxyl groups is 1. The van der Waals surface area contributed by atoms with Gasteiger partial charge in [-0.3, -0.25) is 0 Å². The van der Waals surface area contributed by atoms with Crippen molar-refractivity contribution >= 4 is 35.3 Å². The molecule has 44 heavy (non-hydrogen) atoms. The van der Waals surface area contributed by atoms with Crippen LogP contribution < -0.4 is 19.8 Å². The molecule has 218 valence electrons. The monoisotopic (exact) mass is 754 g/mol. The molecule has 6 aromatic rings. The van der Waals surface area contributed by atoms with Gasteiger partial charge in [0, 0.05) is 50.3 Å². The van der Waals surface area contributed by atoms with E-state index in [0.717, 1.165) is 22.9 Å². The average molecular weight is 755 g/mol. The zero-order valence-corrected chi connectivity index (χ0v) is 26.4. The maximum atomic E-state index is 10.3. The van der Waals surface area contributed by atoms with Gasteiger partial charge in [-0.15, -0.1) is 18.2 Å². The van der Waals surface area contributed by atoms with Gasteiger partial charge in [-0.2, -0.15) is 6.07 Å². The van der Waals surface area contributed by atoms with E-state index >= 15 is 0 Å². The van der Waals surface area contributed by atoms with Crippen molar-refractivity contribution in [1.82, 2.24) is 9.97 Å². The fourth-order valence-corrected chi connectivity index (χ4v) is 5.79. The summed E-state index contributed by atoms with van der Waals surface area (Å²) in [6.45, 7) is 4.11. The Morgan fingerprint density at radius 1 is 0.727 bits per heavy atom. The van der Waals surface area contributed by atoms with E-state index < -0.39 is 0 Å². The molecule has 1 aliphatic rings. The number of aromatic nitrogens is 2. The number of anilines is 4. The molecule has 0 atom stereocenters. The zero-order valence-electron chi connectivity index (χ0n) is 24.2. The third-order valence-electron chi connectivity index (χ3n) is 7.71. The molecule has 3 heterocycles. The molecule has 6 nitrogen and oxygen atoms in total. The van der Waals surface area contributed by atoms with E-state index in [1.54, 1.807) is 18.2 Å². The number of fused-ring (bicyclic) bond motifs is 1. The van der Waals surface area contributed by atoms with Crippen molar-refractivity contribution in [2.75, 3.05) is 9.62 Å². The number of benzene rings is 4. The number of hydrogen-bond donors (Lipinski definition) is 1. The van der Waals surface area contributed by atoms with Gasteiger partial charge in [0.15, 0.2) is 0 Å². The summed E-state index contributed by atoms with van der Waals surface area (Å²) in [5.74, 6) is 1.94. The van der Waals surface area contributed by atoms with Crippen LogP contribution in [0.3, 0.4) is 0 Å². The van der Waals surface area contributed by atoms with Crippen LogP contribution in [0.15, 0.2) is 128 Å². The molecule has 1 aliphatic heterocycles. The molecule has 8 heteroatoms. The molecule has 0 fully saturated rings. The first-order chi connectivity index (χ1) is 21.1. The molecular formula is C36H28BN4O2Pt-. The van der Waals surface area contributed by atoms with E-state index in [4.69, 9.17) is 9.72 Å². The van der Waals surface area contributed by atoms with E-state index in [9.17, 15) is 5.11 Å². The van der Waals surface area contributed by atoms with Gasteiger partial charge in [0.1, 0.15) is 11.6 Å². The third-order valence-corrected chi connectivity index (χ3v) is 7.71. The second-order valence-corrected chi connectivity index (χ2v) is 10.5. The van der Waals surface area contributed by atoms with Crippen LogP contribution in [0.1, 0.15) is 11.1 Å². The number of para-hydroxylation sites is 2. The van der Waals surface area contributed by atoms with Crippen molar-refractivity contribution in [2.45, 2.75) is 13.8 Å². The largest absolute Gasteiger partial charge is 0.507 e. The summed E-state index contributed by atoms with van der Waals surface area (Å²) in [5, 5.41) is 10.3. The minimum atomic E-state index is -0.206. The number of phenols is 1. The Balaban J connectivity index is 0.00000343. The van der Waals surface area contributed by atoms with Gasteiger partial charge in [-0.1, -0.05) is 71.4 Å². The Morgan fingerprint density at radius 3 is 2.25 bits per heavy atom. The van der Waals surface area contributed by atoms with Crippen molar-refractivity contribution in [3.63, 3.8) is 0 Å². The minimum Gasteiger partial charge on any atom is -0.507 e. The van der Waals surface area contributed by atoms with Gasteiger partial charge in [-0.05, 0) is 61.8 Å². The second-order valence-electron chi connectivity index (χ2n) is 10.5. The van der Waals surface area contributed by atoms with Crippen LogP contribution in [-0.2, 0) is 21.1 Å². The van der Waals surface area contributed by atoms with Crippen LogP contribution >= 0.6 is 0 Å². The maximum absolute atomic E-state index is 10.3. The number of ether oxygens (including phenoxy) is 1. The van der Waals surface area contributed by atoms with E-state index in [-0.39, 0.29) is 33.8 Å². The fourth-order valence-electron chi connectivity index (χ4n) is 5.79. The summed E-state index contributed by atoms with van der Waals surface area (Å²) in [7, 11) is 0. The predicted molar refractivity (Wildman–Crippen MR) is 173 cm³/mol. The quantitative estimate of drug-likeness (QED) is 0.139. The van der Waals surface area contributed by atoms with Crippen LogP contribution in [0, 0.1) is 19.9 Å². The number of rotatable bonds is 6. The Bertz CT molecular complexity index is 1920. The van der Waals surface area contributed by atoms with E-state index in [1.165, 1.54) is 16.6 Å². The smallest absolute Gasteiger partial charge is 0.420 e. The molecule has 0 radical (unpaired) electrons. The Labute approximate surface area is 272 Å². The molecule has 0 saturated carbocycles. The maximum Gasteiger partial charge on any atom is 0.420 e. The minimum absolute atomic E-state index is 0. The summed E-state index contributed by atoms with van der Waals surface area (Å²) in [6.07, 6.45) is 1.83. The molecule has 2 aromatic heterocycles. The van der Waals surface area contributed by atoms with Crippen molar-refractivity contribution < 1.29 is 30.9 Å². The molecule has 0 spiro atoms. The van der Waals surface area contributed by atoms with Crippen molar-refractivity contribution in [3.8, 4) is 28.6 Å². The number of aryl methyl sites for hydroxylation is 2. The summed E-state index contributed by atoms with van der Waals surface area (Å²) in [6, 6.07) is 43.0. The van der Waals surface area contributed by atoms with E-state index in [0.29, 0.717) is 22.9 Å². The number of hydrogen-bond acceptors (Lipinski definition) is 6. The second kappa shape index (κ2) is 12.4. The first-order valence-corrected chi connectivity index (χ1v) is 14.2. The topological polar surface area (TPSA) is 61.7 Å². The average Bonchev–Trinajstić information content (AvgIpc) is 3.36. The van der Waals surface area contributed by atoms with Crippen LogP contribution in [0.2, 0.25) is 0 Å². The van der Waals surface area contributed by atoms with Gasteiger partial charge < -0.3 is 19.5 Å². The molecule has 0 aliphatic carbocycles. The SMILES string of the molecule is Cc1cccc(C)c1B1N(c2ccccc2)c2cccnc2N1c1[c-]c(Oc2cccc(-c3ccccc3O)n2)ccc1.[Pt]. The summed E-state index contributed by atoms with van der Waals surface area (Å²) in [4.78, 5) is 14.1. The fraction of sp³-hybridized carbons (Fsp3) is 0.0556. The molecule has 4 aromatic carbocycles. The molecule has 0 bridgehead atoms. The Morgan fingerprint density at radius 2 is 1.45 bits per heavy atom. The molecule has 0 amide bonds. The van der Waals surface area contributed by atoms with E-state index in [1.807, 2.05) is 60.8 Å². The van der Waals surface area contributed by atoms with Crippen molar-refractivity contribution in [3.05, 3.63) is 145 Å². The number of nitrogens with zero attached hydrogens (tertiary/aromatic N) is 4. The van der Waals surface area contributed by atoms with Gasteiger partial charge in [0.2, 0.25) is 5.88 Å². The van der Waals surface area contributed by atoms with Crippen LogP contribution in [0.25, 0.3) is 11.3 Å². The molecule has 7 rings (SSSR count). The van der Waals surface area contributed by atoms with Gasteiger partial charge >= 0.3 is 6.98 Å². The summed E-state index contributed by atoms with van der Waals surface area (Å²) < 4.78 is 6.26. The van der Waals surface area contributed by atoms with E-state index in [2.05, 4.69) is 83.1 Å². The first-order valence-electron chi connectivity index (χ1n) is 14.2. The number of phenolic OH excluding ortho intramolecular Hbond substituents is 1. The van der Waals surface area contributed by atoms with Gasteiger partial charge in [-0.25, -0.2) is 9.97 Å². The van der Waals surface area contributed by atoms with Gasteiger partial charge in [0.05, 0.1) is 11.4 Å². The van der Waals surface area contributed by atoms with Crippen LogP contribution in [0.4, 0.5) is 22.9 Å². The van der Waals surface area contributed by atoms with Crippen molar-refractivity contribution in [2.24, 2.45) is 0 Å². The molecule has 0 unspecified atom stereocenters. The number of pyridine rings is 2. The van der Waals surface area contributed by atoms with Crippen molar-refractivity contribution in [1.29, 1.82) is 0 Å². The first kappa shape index (κ1) is 29.2. The zero-order chi connectivity index (χ0) is 29.3. The molecule has 1 N–H and O–H groups in total. The third kappa shape index (κ3) is 5.36. The summed E-state index contributed by atoms with van der Waals surface area (Å²) in [5.41, 5.74) is 7.77. The Hall–Kier alpha value is -4.87. The van der Waals surface area contributed by atoms with Gasteiger partial charge in [0.25, 0.3) is 0 Å². The van der Waals surface area contributed by atoms with Crippen LogP contribution in [-0.4, -0.2) is 22.1 Å². The molecule has 0 saturated heterocycles. The predicted octanol–water partition coefficient (Wildman–Crippen LogP) is 7.74. The molecular weight excluding hydrogens is 726 g/mol. The standard InChI is InChI=1S/C36H28BN4O2.Pt/c1-25-12-8-13-26(2)35(25)37-40(27-14-4-3-5-15-27)32-20-11-23-38-36(32)41(37)28-16-9-17-29(24-28)43-34-22-10-19-31(39-34)30-18-6-7-21-33(30)42;/h3-23,42H,1-2H3;/q-1;.